The number of nitro benzene ring substituents is 1. The highest BCUT2D eigenvalue weighted by molar-refractivity contribution is 6.32. The van der Waals surface area contributed by atoms with Gasteiger partial charge in [-0.15, -0.1) is 0 Å². The maximum atomic E-state index is 13.7. The zero-order chi connectivity index (χ0) is 15.6. The molecule has 110 valence electrons. The van der Waals surface area contributed by atoms with E-state index in [1.54, 1.807) is 0 Å². The highest BCUT2D eigenvalue weighted by Crippen LogP contribution is 2.33. The Bertz CT molecular complexity index is 687. The van der Waals surface area contributed by atoms with Gasteiger partial charge >= 0.3 is 0 Å². The molecule has 8 heteroatoms. The number of benzene rings is 2. The Balaban J connectivity index is 2.35. The van der Waals surface area contributed by atoms with Crippen LogP contribution in [-0.2, 0) is 6.54 Å². The zero-order valence-electron chi connectivity index (χ0n) is 10.5. The molecule has 21 heavy (non-hydrogen) atoms. The molecule has 0 heterocycles. The fourth-order valence-electron chi connectivity index (χ4n) is 1.64. The van der Waals surface area contributed by atoms with E-state index < -0.39 is 22.3 Å². The van der Waals surface area contributed by atoms with Crippen LogP contribution in [0.25, 0.3) is 0 Å². The van der Waals surface area contributed by atoms with Crippen LogP contribution in [0.15, 0.2) is 30.3 Å². The minimum atomic E-state index is -0.926. The summed E-state index contributed by atoms with van der Waals surface area (Å²) < 4.78 is 32.5. The molecule has 0 radical (unpaired) electrons. The maximum Gasteiger partial charge on any atom is 0.288 e. The van der Waals surface area contributed by atoms with Gasteiger partial charge in [-0.3, -0.25) is 10.1 Å². The molecule has 0 fully saturated rings. The van der Waals surface area contributed by atoms with Crippen molar-refractivity contribution < 1.29 is 18.4 Å². The smallest absolute Gasteiger partial charge is 0.288 e. The van der Waals surface area contributed by atoms with Gasteiger partial charge in [-0.05, 0) is 23.8 Å². The average molecular weight is 315 g/mol. The molecule has 2 aromatic rings. The van der Waals surface area contributed by atoms with Gasteiger partial charge in [0.2, 0.25) is 0 Å². The lowest BCUT2D eigenvalue weighted by atomic mass is 10.2. The number of rotatable bonds is 4. The fraction of sp³-hybridized carbons (Fsp3) is 0.0769. The second kappa shape index (κ2) is 6.02. The molecule has 0 bridgehead atoms. The molecular weight excluding hydrogens is 306 g/mol. The zero-order valence-corrected chi connectivity index (χ0v) is 11.2. The Hall–Kier alpha value is -2.25. The third kappa shape index (κ3) is 3.26. The lowest BCUT2D eigenvalue weighted by Gasteiger charge is -2.09. The van der Waals surface area contributed by atoms with Gasteiger partial charge in [0.15, 0.2) is 17.4 Å². The fourth-order valence-corrected chi connectivity index (χ4v) is 1.88. The quantitative estimate of drug-likeness (QED) is 0.688. The molecule has 2 aromatic carbocycles. The van der Waals surface area contributed by atoms with Gasteiger partial charge in [0.25, 0.3) is 5.69 Å². The lowest BCUT2D eigenvalue weighted by Crippen LogP contribution is -2.00. The number of hydrogen-bond acceptors (Lipinski definition) is 4. The Labute approximate surface area is 123 Å². The molecule has 0 aliphatic rings. The molecule has 0 spiro atoms. The van der Waals surface area contributed by atoms with Crippen LogP contribution in [0.5, 0.6) is 11.5 Å². The van der Waals surface area contributed by atoms with Gasteiger partial charge < -0.3 is 10.5 Å². The standard InChI is InChI=1S/C13H9ClF2N2O3/c14-9-5-8(1-2-12(9)18(19)20)21-13-10(15)3-7(6-17)4-11(13)16/h1-5H,6,17H2. The van der Waals surface area contributed by atoms with E-state index in [0.29, 0.717) is 0 Å². The highest BCUT2D eigenvalue weighted by Gasteiger charge is 2.16. The summed E-state index contributed by atoms with van der Waals surface area (Å²) in [6, 6.07) is 5.48. The van der Waals surface area contributed by atoms with Crippen molar-refractivity contribution in [3.63, 3.8) is 0 Å². The molecule has 0 aliphatic carbocycles. The molecule has 0 aromatic heterocycles. The predicted molar refractivity (Wildman–Crippen MR) is 72.4 cm³/mol. The summed E-state index contributed by atoms with van der Waals surface area (Å²) in [6.45, 7) is -0.0164. The van der Waals surface area contributed by atoms with Crippen LogP contribution in [0.2, 0.25) is 5.02 Å². The first-order valence-electron chi connectivity index (χ1n) is 5.72. The second-order valence-electron chi connectivity index (χ2n) is 4.07. The Morgan fingerprint density at radius 1 is 1.24 bits per heavy atom. The summed E-state index contributed by atoms with van der Waals surface area (Å²) in [5.41, 5.74) is 5.25. The molecule has 5 nitrogen and oxygen atoms in total. The second-order valence-corrected chi connectivity index (χ2v) is 4.47. The summed E-state index contributed by atoms with van der Waals surface area (Å²) in [7, 11) is 0. The van der Waals surface area contributed by atoms with Crippen LogP contribution in [0.1, 0.15) is 5.56 Å². The van der Waals surface area contributed by atoms with Crippen LogP contribution < -0.4 is 10.5 Å². The van der Waals surface area contributed by atoms with E-state index in [0.717, 1.165) is 24.3 Å². The van der Waals surface area contributed by atoms with Gasteiger partial charge in [0, 0.05) is 18.7 Å². The summed E-state index contributed by atoms with van der Waals surface area (Å²) in [4.78, 5) is 9.94. The van der Waals surface area contributed by atoms with Crippen molar-refractivity contribution in [2.45, 2.75) is 6.54 Å². The van der Waals surface area contributed by atoms with Crippen molar-refractivity contribution in [3.8, 4) is 11.5 Å². The summed E-state index contributed by atoms with van der Waals surface area (Å²) in [6.07, 6.45) is 0. The number of nitro groups is 1. The van der Waals surface area contributed by atoms with Gasteiger partial charge in [-0.1, -0.05) is 11.6 Å². The summed E-state index contributed by atoms with van der Waals surface area (Å²) in [5.74, 6) is -2.50. The first kappa shape index (κ1) is 15.1. The first-order chi connectivity index (χ1) is 9.92. The van der Waals surface area contributed by atoms with Crippen molar-refractivity contribution in [1.29, 1.82) is 0 Å². The third-order valence-electron chi connectivity index (χ3n) is 2.63. The van der Waals surface area contributed by atoms with Crippen molar-refractivity contribution in [3.05, 3.63) is 62.7 Å². The highest BCUT2D eigenvalue weighted by atomic mass is 35.5. The Morgan fingerprint density at radius 2 is 1.86 bits per heavy atom. The Kier molecular flexibility index (Phi) is 4.35. The number of ether oxygens (including phenoxy) is 1. The SMILES string of the molecule is NCc1cc(F)c(Oc2ccc([N+](=O)[O-])c(Cl)c2)c(F)c1. The van der Waals surface area contributed by atoms with E-state index in [-0.39, 0.29) is 28.6 Å². The van der Waals surface area contributed by atoms with Crippen LogP contribution >= 0.6 is 11.6 Å². The first-order valence-corrected chi connectivity index (χ1v) is 6.10. The molecular formula is C13H9ClF2N2O3. The molecule has 0 amide bonds. The molecule has 2 N–H and O–H groups in total. The van der Waals surface area contributed by atoms with Crippen LogP contribution in [0.4, 0.5) is 14.5 Å². The van der Waals surface area contributed by atoms with Crippen molar-refractivity contribution in [2.75, 3.05) is 0 Å². The molecule has 0 atom stereocenters. The van der Waals surface area contributed by atoms with E-state index >= 15 is 0 Å². The van der Waals surface area contributed by atoms with Crippen molar-refractivity contribution in [1.82, 2.24) is 0 Å². The molecule has 2 rings (SSSR count). The molecule has 0 saturated heterocycles. The van der Waals surface area contributed by atoms with Gasteiger partial charge in [0.05, 0.1) is 4.92 Å². The molecule has 0 unspecified atom stereocenters. The average Bonchev–Trinajstić information content (AvgIpc) is 2.42. The van der Waals surface area contributed by atoms with Crippen LogP contribution in [0.3, 0.4) is 0 Å². The Morgan fingerprint density at radius 3 is 2.33 bits per heavy atom. The molecule has 0 saturated carbocycles. The van der Waals surface area contributed by atoms with E-state index in [9.17, 15) is 18.9 Å². The van der Waals surface area contributed by atoms with E-state index in [2.05, 4.69) is 0 Å². The number of hydrogen-bond donors (Lipinski definition) is 1. The van der Waals surface area contributed by atoms with Gasteiger partial charge in [0.1, 0.15) is 10.8 Å². The minimum absolute atomic E-state index is 0.0164. The van der Waals surface area contributed by atoms with Crippen molar-refractivity contribution in [2.24, 2.45) is 5.73 Å². The van der Waals surface area contributed by atoms with Crippen LogP contribution in [0, 0.1) is 21.7 Å². The van der Waals surface area contributed by atoms with E-state index in [4.69, 9.17) is 22.1 Å². The van der Waals surface area contributed by atoms with Gasteiger partial charge in [-0.25, -0.2) is 8.78 Å². The number of nitrogens with two attached hydrogens (primary N) is 1. The van der Waals surface area contributed by atoms with E-state index in [1.165, 1.54) is 6.07 Å². The van der Waals surface area contributed by atoms with Crippen molar-refractivity contribution >= 4 is 17.3 Å². The number of halogens is 3. The predicted octanol–water partition coefficient (Wildman–Crippen LogP) is 3.78. The monoisotopic (exact) mass is 314 g/mol. The van der Waals surface area contributed by atoms with Gasteiger partial charge in [-0.2, -0.15) is 0 Å². The number of nitrogens with zero attached hydrogens (tertiary/aromatic N) is 1. The third-order valence-corrected chi connectivity index (χ3v) is 2.93. The van der Waals surface area contributed by atoms with Crippen LogP contribution in [-0.4, -0.2) is 4.92 Å². The topological polar surface area (TPSA) is 78.4 Å². The lowest BCUT2D eigenvalue weighted by molar-refractivity contribution is -0.384. The summed E-state index contributed by atoms with van der Waals surface area (Å²) >= 11 is 5.69. The largest absolute Gasteiger partial charge is 0.451 e. The maximum absolute atomic E-state index is 13.7. The summed E-state index contributed by atoms with van der Waals surface area (Å²) in [5, 5.41) is 10.4. The molecule has 0 aliphatic heterocycles. The van der Waals surface area contributed by atoms with E-state index in [1.807, 2.05) is 0 Å². The normalized spacial score (nSPS) is 10.5. The minimum Gasteiger partial charge on any atom is -0.451 e.